The van der Waals surface area contributed by atoms with E-state index in [9.17, 15) is 4.79 Å². The Balaban J connectivity index is 1.80. The molecule has 22 heavy (non-hydrogen) atoms. The van der Waals surface area contributed by atoms with Crippen LogP contribution in [0.1, 0.15) is 22.3 Å². The quantitative estimate of drug-likeness (QED) is 0.788. The molecule has 0 unspecified atom stereocenters. The van der Waals surface area contributed by atoms with Crippen LogP contribution in [0.4, 0.5) is 5.69 Å². The molecule has 1 heterocycles. The van der Waals surface area contributed by atoms with Crippen molar-refractivity contribution in [2.24, 2.45) is 0 Å². The van der Waals surface area contributed by atoms with Crippen LogP contribution in [0.3, 0.4) is 0 Å². The first-order valence-corrected chi connectivity index (χ1v) is 7.86. The van der Waals surface area contributed by atoms with Crippen molar-refractivity contribution in [3.63, 3.8) is 0 Å². The van der Waals surface area contributed by atoms with E-state index in [-0.39, 0.29) is 5.91 Å². The van der Waals surface area contributed by atoms with E-state index in [1.54, 1.807) is 42.7 Å². The number of thiazole rings is 1. The lowest BCUT2D eigenvalue weighted by Crippen LogP contribution is -2.11. The molecule has 1 amide bonds. The molecule has 4 nitrogen and oxygen atoms in total. The molecule has 0 aliphatic heterocycles. The van der Waals surface area contributed by atoms with Crippen LogP contribution in [-0.4, -0.2) is 18.0 Å². The van der Waals surface area contributed by atoms with Crippen molar-refractivity contribution in [1.82, 2.24) is 4.98 Å². The van der Waals surface area contributed by atoms with Gasteiger partial charge in [-0.3, -0.25) is 4.79 Å². The Hall–Kier alpha value is -2.40. The van der Waals surface area contributed by atoms with Crippen LogP contribution >= 0.6 is 11.3 Å². The number of nitrogens with zero attached hydrogens (tertiary/aromatic N) is 1. The van der Waals surface area contributed by atoms with E-state index in [1.807, 2.05) is 18.2 Å². The van der Waals surface area contributed by atoms with Gasteiger partial charge in [0.25, 0.3) is 5.91 Å². The fourth-order valence-electron chi connectivity index (χ4n) is 2.15. The molecule has 0 radical (unpaired) electrons. The molecule has 0 saturated carbocycles. The Morgan fingerprint density at radius 2 is 2.00 bits per heavy atom. The van der Waals surface area contributed by atoms with Crippen LogP contribution in [0.25, 0.3) is 10.2 Å². The highest BCUT2D eigenvalue weighted by molar-refractivity contribution is 7.18. The molecule has 0 spiro atoms. The lowest BCUT2D eigenvalue weighted by molar-refractivity contribution is 0.102. The molecule has 0 aliphatic carbocycles. The average Bonchev–Trinajstić information content (AvgIpc) is 2.97. The van der Waals surface area contributed by atoms with E-state index >= 15 is 0 Å². The predicted octanol–water partition coefficient (Wildman–Crippen LogP) is 4.12. The number of fused-ring (bicyclic) bond motifs is 1. The van der Waals surface area contributed by atoms with Crippen LogP contribution in [0.5, 0.6) is 5.75 Å². The molecule has 0 saturated heterocycles. The first-order valence-electron chi connectivity index (χ1n) is 7.04. The molecule has 1 N–H and O–H groups in total. The average molecular weight is 312 g/mol. The molecule has 3 rings (SSSR count). The van der Waals surface area contributed by atoms with Gasteiger partial charge in [0.15, 0.2) is 0 Å². The third-order valence-corrected chi connectivity index (χ3v) is 4.51. The first kappa shape index (κ1) is 14.5. The summed E-state index contributed by atoms with van der Waals surface area (Å²) in [6.45, 7) is 2.09. The van der Waals surface area contributed by atoms with E-state index in [0.717, 1.165) is 33.1 Å². The minimum atomic E-state index is -0.137. The summed E-state index contributed by atoms with van der Waals surface area (Å²) in [5.41, 5.74) is 2.35. The van der Waals surface area contributed by atoms with E-state index in [2.05, 4.69) is 17.2 Å². The number of rotatable bonds is 4. The fraction of sp³-hybridized carbons (Fsp3) is 0.176. The van der Waals surface area contributed by atoms with Gasteiger partial charge in [-0.05, 0) is 48.9 Å². The van der Waals surface area contributed by atoms with Gasteiger partial charge in [-0.25, -0.2) is 4.98 Å². The third-order valence-electron chi connectivity index (χ3n) is 3.35. The smallest absolute Gasteiger partial charge is 0.255 e. The van der Waals surface area contributed by atoms with Gasteiger partial charge >= 0.3 is 0 Å². The van der Waals surface area contributed by atoms with Gasteiger partial charge in [0.1, 0.15) is 5.75 Å². The fourth-order valence-corrected chi connectivity index (χ4v) is 3.09. The maximum Gasteiger partial charge on any atom is 0.255 e. The van der Waals surface area contributed by atoms with Gasteiger partial charge < -0.3 is 10.1 Å². The Bertz CT molecular complexity index is 809. The predicted molar refractivity (Wildman–Crippen MR) is 89.9 cm³/mol. The van der Waals surface area contributed by atoms with Crippen molar-refractivity contribution in [3.8, 4) is 5.75 Å². The molecule has 2 aromatic carbocycles. The number of amides is 1. The summed E-state index contributed by atoms with van der Waals surface area (Å²) in [6, 6.07) is 12.8. The number of aromatic nitrogens is 1. The van der Waals surface area contributed by atoms with E-state index in [1.165, 1.54) is 0 Å². The van der Waals surface area contributed by atoms with Gasteiger partial charge in [-0.1, -0.05) is 6.92 Å². The Labute approximate surface area is 132 Å². The normalized spacial score (nSPS) is 10.6. The van der Waals surface area contributed by atoms with Crippen molar-refractivity contribution in [2.75, 3.05) is 12.4 Å². The molecule has 0 aliphatic rings. The second kappa shape index (κ2) is 6.15. The Morgan fingerprint density at radius 3 is 2.68 bits per heavy atom. The SMILES string of the molecule is CCc1nc2ccc(NC(=O)c3ccc(OC)cc3)cc2s1. The Kier molecular flexibility index (Phi) is 4.06. The minimum absolute atomic E-state index is 0.137. The Morgan fingerprint density at radius 1 is 1.23 bits per heavy atom. The summed E-state index contributed by atoms with van der Waals surface area (Å²) in [5, 5.41) is 4.02. The summed E-state index contributed by atoms with van der Waals surface area (Å²) in [4.78, 5) is 16.8. The van der Waals surface area contributed by atoms with Crippen LogP contribution in [0.2, 0.25) is 0 Å². The largest absolute Gasteiger partial charge is 0.497 e. The summed E-state index contributed by atoms with van der Waals surface area (Å²) >= 11 is 1.66. The number of ether oxygens (including phenoxy) is 1. The number of aryl methyl sites for hydroxylation is 1. The van der Waals surface area contributed by atoms with Crippen molar-refractivity contribution < 1.29 is 9.53 Å². The number of hydrogen-bond donors (Lipinski definition) is 1. The first-order chi connectivity index (χ1) is 10.7. The highest BCUT2D eigenvalue weighted by atomic mass is 32.1. The van der Waals surface area contributed by atoms with Crippen LogP contribution < -0.4 is 10.1 Å². The van der Waals surface area contributed by atoms with E-state index in [4.69, 9.17) is 4.74 Å². The maximum atomic E-state index is 12.2. The van der Waals surface area contributed by atoms with Crippen LogP contribution in [-0.2, 0) is 6.42 Å². The summed E-state index contributed by atoms with van der Waals surface area (Å²) in [7, 11) is 1.60. The lowest BCUT2D eigenvalue weighted by atomic mass is 10.2. The summed E-state index contributed by atoms with van der Waals surface area (Å²) in [5.74, 6) is 0.594. The molecule has 112 valence electrons. The molecular formula is C17H16N2O2S. The number of carbonyl (C=O) groups is 1. The van der Waals surface area contributed by atoms with Crippen LogP contribution in [0, 0.1) is 0 Å². The summed E-state index contributed by atoms with van der Waals surface area (Å²) < 4.78 is 6.18. The van der Waals surface area contributed by atoms with Crippen LogP contribution in [0.15, 0.2) is 42.5 Å². The molecular weight excluding hydrogens is 296 g/mol. The lowest BCUT2D eigenvalue weighted by Gasteiger charge is -2.06. The van der Waals surface area contributed by atoms with Gasteiger partial charge in [-0.2, -0.15) is 0 Å². The maximum absolute atomic E-state index is 12.2. The number of anilines is 1. The number of carbonyl (C=O) groups excluding carboxylic acids is 1. The minimum Gasteiger partial charge on any atom is -0.497 e. The monoisotopic (exact) mass is 312 g/mol. The molecule has 0 bridgehead atoms. The second-order valence-electron chi connectivity index (χ2n) is 4.83. The van der Waals surface area contributed by atoms with Crippen molar-refractivity contribution in [1.29, 1.82) is 0 Å². The molecule has 5 heteroatoms. The molecule has 0 fully saturated rings. The van der Waals surface area contributed by atoms with Crippen molar-refractivity contribution in [2.45, 2.75) is 13.3 Å². The number of benzene rings is 2. The third kappa shape index (κ3) is 2.94. The zero-order valence-corrected chi connectivity index (χ0v) is 13.2. The van der Waals surface area contributed by atoms with Gasteiger partial charge in [0.05, 0.1) is 22.3 Å². The second-order valence-corrected chi connectivity index (χ2v) is 5.94. The zero-order chi connectivity index (χ0) is 15.5. The van der Waals surface area contributed by atoms with Gasteiger partial charge in [0, 0.05) is 11.3 Å². The highest BCUT2D eigenvalue weighted by Gasteiger charge is 2.08. The molecule has 1 aromatic heterocycles. The topological polar surface area (TPSA) is 51.2 Å². The van der Waals surface area contributed by atoms with Gasteiger partial charge in [0.2, 0.25) is 0 Å². The van der Waals surface area contributed by atoms with Crippen molar-refractivity contribution >= 4 is 33.1 Å². The van der Waals surface area contributed by atoms with Gasteiger partial charge in [-0.15, -0.1) is 11.3 Å². The number of nitrogens with one attached hydrogen (secondary N) is 1. The number of methoxy groups -OCH3 is 1. The molecule has 3 aromatic rings. The van der Waals surface area contributed by atoms with E-state index in [0.29, 0.717) is 5.56 Å². The standard InChI is InChI=1S/C17H16N2O2S/c1-3-16-19-14-9-6-12(10-15(14)22-16)18-17(20)11-4-7-13(21-2)8-5-11/h4-10H,3H2,1-2H3,(H,18,20). The number of hydrogen-bond acceptors (Lipinski definition) is 4. The molecule has 0 atom stereocenters. The van der Waals surface area contributed by atoms with E-state index < -0.39 is 0 Å². The van der Waals surface area contributed by atoms with Crippen molar-refractivity contribution in [3.05, 3.63) is 53.0 Å². The summed E-state index contributed by atoms with van der Waals surface area (Å²) in [6.07, 6.45) is 0.923. The zero-order valence-electron chi connectivity index (χ0n) is 12.4. The highest BCUT2D eigenvalue weighted by Crippen LogP contribution is 2.26.